The van der Waals surface area contributed by atoms with E-state index in [-0.39, 0.29) is 0 Å². The molecule has 0 saturated heterocycles. The molecule has 7 heteroatoms. The number of nitrogens with two attached hydrogens (primary N) is 1. The summed E-state index contributed by atoms with van der Waals surface area (Å²) in [4.78, 5) is 4.47. The fourth-order valence-electron chi connectivity index (χ4n) is 2.03. The second-order valence-corrected chi connectivity index (χ2v) is 5.43. The summed E-state index contributed by atoms with van der Waals surface area (Å²) < 4.78 is 5.32. The Morgan fingerprint density at radius 1 is 1.14 bits per heavy atom. The molecule has 2 aromatic carbocycles. The SMILES string of the molecule is COc1cc(N)c(Cl)cc1-c1nc(-c2ccc(Cl)cc2)n[nH]1. The number of rotatable bonds is 3. The van der Waals surface area contributed by atoms with Crippen molar-refractivity contribution in [2.24, 2.45) is 0 Å². The quantitative estimate of drug-likeness (QED) is 0.708. The topological polar surface area (TPSA) is 76.8 Å². The molecule has 0 saturated carbocycles. The summed E-state index contributed by atoms with van der Waals surface area (Å²) in [5.74, 6) is 1.67. The molecule has 0 aliphatic carbocycles. The Kier molecular flexibility index (Phi) is 3.92. The molecule has 1 aromatic heterocycles. The molecule has 0 aliphatic rings. The zero-order valence-electron chi connectivity index (χ0n) is 11.6. The van der Waals surface area contributed by atoms with Gasteiger partial charge in [0.05, 0.1) is 23.4 Å². The average molecular weight is 335 g/mol. The minimum absolute atomic E-state index is 0.431. The van der Waals surface area contributed by atoms with Crippen molar-refractivity contribution in [1.82, 2.24) is 15.2 Å². The highest BCUT2D eigenvalue weighted by Crippen LogP contribution is 2.35. The molecule has 0 amide bonds. The molecule has 0 atom stereocenters. The minimum Gasteiger partial charge on any atom is -0.496 e. The summed E-state index contributed by atoms with van der Waals surface area (Å²) in [5, 5.41) is 8.18. The number of benzene rings is 2. The molecule has 5 nitrogen and oxygen atoms in total. The van der Waals surface area contributed by atoms with E-state index in [4.69, 9.17) is 33.7 Å². The largest absolute Gasteiger partial charge is 0.496 e. The molecule has 0 fully saturated rings. The van der Waals surface area contributed by atoms with E-state index in [0.29, 0.717) is 38.7 Å². The Morgan fingerprint density at radius 3 is 2.55 bits per heavy atom. The Labute approximate surface area is 137 Å². The van der Waals surface area contributed by atoms with Gasteiger partial charge in [-0.2, -0.15) is 5.10 Å². The van der Waals surface area contributed by atoms with Gasteiger partial charge in [0.2, 0.25) is 0 Å². The number of nitrogens with one attached hydrogen (secondary N) is 1. The lowest BCUT2D eigenvalue weighted by Crippen LogP contribution is -1.94. The van der Waals surface area contributed by atoms with Gasteiger partial charge in [0.1, 0.15) is 5.75 Å². The van der Waals surface area contributed by atoms with E-state index in [0.717, 1.165) is 5.56 Å². The molecule has 3 rings (SSSR count). The lowest BCUT2D eigenvalue weighted by atomic mass is 10.1. The molecule has 0 bridgehead atoms. The first kappa shape index (κ1) is 14.7. The second kappa shape index (κ2) is 5.87. The van der Waals surface area contributed by atoms with E-state index in [9.17, 15) is 0 Å². The standard InChI is InChI=1S/C15H12Cl2N4O/c1-22-13-7-12(18)11(17)6-10(13)15-19-14(20-21-15)8-2-4-9(16)5-3-8/h2-7H,18H2,1H3,(H,19,20,21). The minimum atomic E-state index is 0.431. The van der Waals surface area contributed by atoms with Crippen LogP contribution in [0.5, 0.6) is 5.75 Å². The number of methoxy groups -OCH3 is 1. The summed E-state index contributed by atoms with van der Waals surface area (Å²) in [6.45, 7) is 0. The fraction of sp³-hybridized carbons (Fsp3) is 0.0667. The van der Waals surface area contributed by atoms with Crippen molar-refractivity contribution < 1.29 is 4.74 Å². The number of hydrogen-bond acceptors (Lipinski definition) is 4. The number of aromatic amines is 1. The number of nitrogens with zero attached hydrogens (tertiary/aromatic N) is 2. The molecular formula is C15H12Cl2N4O. The van der Waals surface area contributed by atoms with Crippen LogP contribution in [0.25, 0.3) is 22.8 Å². The molecule has 0 radical (unpaired) electrons. The predicted molar refractivity (Wildman–Crippen MR) is 88.2 cm³/mol. The van der Waals surface area contributed by atoms with Crippen LogP contribution in [0.3, 0.4) is 0 Å². The Bertz CT molecular complexity index is 815. The van der Waals surface area contributed by atoms with Crippen molar-refractivity contribution >= 4 is 28.9 Å². The van der Waals surface area contributed by atoms with Crippen LogP contribution in [0, 0.1) is 0 Å². The summed E-state index contributed by atoms with van der Waals surface area (Å²) in [6, 6.07) is 10.6. The fourth-order valence-corrected chi connectivity index (χ4v) is 2.32. The van der Waals surface area contributed by atoms with E-state index < -0.39 is 0 Å². The number of aromatic nitrogens is 3. The maximum absolute atomic E-state index is 6.08. The van der Waals surface area contributed by atoms with Crippen molar-refractivity contribution in [3.8, 4) is 28.5 Å². The molecule has 1 heterocycles. The van der Waals surface area contributed by atoms with Crippen molar-refractivity contribution in [1.29, 1.82) is 0 Å². The lowest BCUT2D eigenvalue weighted by Gasteiger charge is -2.08. The normalized spacial score (nSPS) is 10.7. The third-order valence-electron chi connectivity index (χ3n) is 3.16. The van der Waals surface area contributed by atoms with Gasteiger partial charge < -0.3 is 10.5 Å². The highest BCUT2D eigenvalue weighted by Gasteiger charge is 2.14. The van der Waals surface area contributed by atoms with E-state index in [1.165, 1.54) is 0 Å². The summed E-state index contributed by atoms with van der Waals surface area (Å²) >= 11 is 12.0. The third-order valence-corrected chi connectivity index (χ3v) is 3.74. The molecular weight excluding hydrogens is 323 g/mol. The third kappa shape index (κ3) is 2.73. The van der Waals surface area contributed by atoms with Crippen LogP contribution in [-0.4, -0.2) is 22.3 Å². The van der Waals surface area contributed by atoms with E-state index in [1.54, 1.807) is 31.4 Å². The van der Waals surface area contributed by atoms with Gasteiger partial charge in [0.25, 0.3) is 0 Å². The molecule has 112 valence electrons. The van der Waals surface area contributed by atoms with Crippen LogP contribution in [0.2, 0.25) is 10.0 Å². The maximum atomic E-state index is 6.08. The molecule has 0 unspecified atom stereocenters. The predicted octanol–water partition coefficient (Wildman–Crippen LogP) is 4.04. The number of anilines is 1. The highest BCUT2D eigenvalue weighted by atomic mass is 35.5. The molecule has 0 aliphatic heterocycles. The zero-order chi connectivity index (χ0) is 15.7. The first-order chi connectivity index (χ1) is 10.6. The number of ether oxygens (including phenoxy) is 1. The molecule has 22 heavy (non-hydrogen) atoms. The number of H-pyrrole nitrogens is 1. The van der Waals surface area contributed by atoms with E-state index in [1.807, 2.05) is 12.1 Å². The average Bonchev–Trinajstić information content (AvgIpc) is 3.00. The van der Waals surface area contributed by atoms with Crippen LogP contribution < -0.4 is 10.5 Å². The summed E-state index contributed by atoms with van der Waals surface area (Å²) in [7, 11) is 1.56. The van der Waals surface area contributed by atoms with Crippen molar-refractivity contribution in [3.05, 3.63) is 46.4 Å². The van der Waals surface area contributed by atoms with Crippen LogP contribution >= 0.6 is 23.2 Å². The van der Waals surface area contributed by atoms with Gasteiger partial charge in [0, 0.05) is 16.7 Å². The monoisotopic (exact) mass is 334 g/mol. The zero-order valence-corrected chi connectivity index (χ0v) is 13.1. The van der Waals surface area contributed by atoms with Gasteiger partial charge in [-0.1, -0.05) is 23.2 Å². The Morgan fingerprint density at radius 2 is 1.86 bits per heavy atom. The smallest absolute Gasteiger partial charge is 0.181 e. The van der Waals surface area contributed by atoms with Crippen LogP contribution in [0.15, 0.2) is 36.4 Å². The van der Waals surface area contributed by atoms with Crippen LogP contribution in [0.1, 0.15) is 0 Å². The van der Waals surface area contributed by atoms with E-state index in [2.05, 4.69) is 15.2 Å². The van der Waals surface area contributed by atoms with Crippen molar-refractivity contribution in [2.45, 2.75) is 0 Å². The lowest BCUT2D eigenvalue weighted by molar-refractivity contribution is 0.416. The highest BCUT2D eigenvalue weighted by molar-refractivity contribution is 6.33. The first-order valence-electron chi connectivity index (χ1n) is 6.40. The van der Waals surface area contributed by atoms with Crippen LogP contribution in [0.4, 0.5) is 5.69 Å². The molecule has 3 N–H and O–H groups in total. The first-order valence-corrected chi connectivity index (χ1v) is 7.16. The Balaban J connectivity index is 2.04. The van der Waals surface area contributed by atoms with Crippen molar-refractivity contribution in [2.75, 3.05) is 12.8 Å². The van der Waals surface area contributed by atoms with Gasteiger partial charge in [-0.3, -0.25) is 5.10 Å². The van der Waals surface area contributed by atoms with Crippen molar-refractivity contribution in [3.63, 3.8) is 0 Å². The maximum Gasteiger partial charge on any atom is 0.181 e. The van der Waals surface area contributed by atoms with Gasteiger partial charge in [-0.05, 0) is 30.3 Å². The number of hydrogen-bond donors (Lipinski definition) is 2. The second-order valence-electron chi connectivity index (χ2n) is 4.59. The van der Waals surface area contributed by atoms with E-state index >= 15 is 0 Å². The van der Waals surface area contributed by atoms with Gasteiger partial charge in [0.15, 0.2) is 11.6 Å². The summed E-state index contributed by atoms with van der Waals surface area (Å²) in [5.41, 5.74) is 7.77. The molecule has 0 spiro atoms. The van der Waals surface area contributed by atoms with Gasteiger partial charge in [-0.25, -0.2) is 4.98 Å². The Hall–Kier alpha value is -2.24. The van der Waals surface area contributed by atoms with Crippen LogP contribution in [-0.2, 0) is 0 Å². The van der Waals surface area contributed by atoms with Gasteiger partial charge >= 0.3 is 0 Å². The van der Waals surface area contributed by atoms with Gasteiger partial charge in [-0.15, -0.1) is 0 Å². The molecule has 3 aromatic rings. The summed E-state index contributed by atoms with van der Waals surface area (Å²) in [6.07, 6.45) is 0. The number of nitrogen functional groups attached to an aromatic ring is 1. The number of halogens is 2.